The molecule has 0 aromatic heterocycles. The molecule has 1 N–H and O–H groups in total. The van der Waals surface area contributed by atoms with E-state index in [1.165, 1.54) is 11.8 Å². The van der Waals surface area contributed by atoms with E-state index in [2.05, 4.69) is 6.92 Å². The molecule has 2 fully saturated rings. The molecule has 0 aromatic rings. The van der Waals surface area contributed by atoms with Crippen LogP contribution in [0.1, 0.15) is 51.9 Å². The van der Waals surface area contributed by atoms with Gasteiger partial charge < -0.3 is 5.11 Å². The Balaban J connectivity index is 0.000000130. The Morgan fingerprint density at radius 1 is 1.08 bits per heavy atom. The molecule has 0 spiro atoms. The number of unbranched alkanes of at least 4 members (excludes halogenated alkanes) is 1. The van der Waals surface area contributed by atoms with Crippen LogP contribution in [-0.2, 0) is 0 Å². The van der Waals surface area contributed by atoms with Crippen LogP contribution in [0.4, 0.5) is 0 Å². The van der Waals surface area contributed by atoms with E-state index < -0.39 is 0 Å². The summed E-state index contributed by atoms with van der Waals surface area (Å²) in [4.78, 5) is 0. The molecule has 2 saturated carbocycles. The Bertz CT molecular complexity index is 91.6. The first-order valence-electron chi connectivity index (χ1n) is 5.47. The first kappa shape index (κ1) is 10.0. The van der Waals surface area contributed by atoms with Crippen molar-refractivity contribution in [2.75, 3.05) is 6.61 Å². The van der Waals surface area contributed by atoms with E-state index in [-0.39, 0.29) is 0 Å². The number of hydrogen-bond acceptors (Lipinski definition) is 1. The predicted octanol–water partition coefficient (Wildman–Crippen LogP) is 2.98. The summed E-state index contributed by atoms with van der Waals surface area (Å²) in [5.41, 5.74) is 0. The fourth-order valence-corrected chi connectivity index (χ4v) is 2.33. The zero-order chi connectivity index (χ0) is 8.81. The van der Waals surface area contributed by atoms with Crippen molar-refractivity contribution in [2.45, 2.75) is 51.9 Å². The maximum atomic E-state index is 8.07. The maximum Gasteiger partial charge on any atom is 0.0430 e. The van der Waals surface area contributed by atoms with Crippen LogP contribution in [0.5, 0.6) is 0 Å². The van der Waals surface area contributed by atoms with Gasteiger partial charge >= 0.3 is 0 Å². The van der Waals surface area contributed by atoms with Crippen LogP contribution in [0.25, 0.3) is 0 Å². The topological polar surface area (TPSA) is 20.2 Å². The normalized spacial score (nSPS) is 31.5. The van der Waals surface area contributed by atoms with Gasteiger partial charge in [0.15, 0.2) is 0 Å². The van der Waals surface area contributed by atoms with Crippen LogP contribution < -0.4 is 0 Å². The van der Waals surface area contributed by atoms with Gasteiger partial charge in [-0.3, -0.25) is 0 Å². The molecule has 0 saturated heterocycles. The van der Waals surface area contributed by atoms with Gasteiger partial charge in [-0.1, -0.05) is 39.0 Å². The van der Waals surface area contributed by atoms with Gasteiger partial charge in [-0.25, -0.2) is 0 Å². The molecule has 2 bridgehead atoms. The molecule has 0 amide bonds. The van der Waals surface area contributed by atoms with Gasteiger partial charge in [0.25, 0.3) is 0 Å². The van der Waals surface area contributed by atoms with E-state index in [0.29, 0.717) is 6.61 Å². The van der Waals surface area contributed by atoms with Crippen molar-refractivity contribution in [3.8, 4) is 0 Å². The summed E-state index contributed by atoms with van der Waals surface area (Å²) in [7, 11) is 0. The second kappa shape index (κ2) is 5.58. The molecule has 1 nitrogen and oxygen atoms in total. The zero-order valence-corrected chi connectivity index (χ0v) is 8.26. The largest absolute Gasteiger partial charge is 0.396 e. The van der Waals surface area contributed by atoms with E-state index in [4.69, 9.17) is 5.11 Å². The molecule has 0 radical (unpaired) electrons. The van der Waals surface area contributed by atoms with E-state index >= 15 is 0 Å². The molecule has 2 aliphatic rings. The van der Waals surface area contributed by atoms with E-state index in [1.807, 2.05) is 0 Å². The molecule has 0 aliphatic heterocycles. The lowest BCUT2D eigenvalue weighted by Gasteiger charge is -2.05. The molecule has 0 unspecified atom stereocenters. The summed E-state index contributed by atoms with van der Waals surface area (Å²) >= 11 is 0. The minimum Gasteiger partial charge on any atom is -0.396 e. The standard InChI is InChI=1S/C7H12.C4H10O/c1-2-7-4-3-6(1)5-7;1-2-3-4-5/h6-7H,1-5H2;5H,2-4H2,1H3. The molecule has 0 aromatic carbocycles. The Morgan fingerprint density at radius 3 is 1.67 bits per heavy atom. The molecular weight excluding hydrogens is 148 g/mol. The first-order chi connectivity index (χ1) is 5.86. The van der Waals surface area contributed by atoms with Crippen molar-refractivity contribution in [3.63, 3.8) is 0 Å². The summed E-state index contributed by atoms with van der Waals surface area (Å²) in [5.74, 6) is 2.34. The van der Waals surface area contributed by atoms with Gasteiger partial charge in [0.1, 0.15) is 0 Å². The number of fused-ring (bicyclic) bond motifs is 2. The fraction of sp³-hybridized carbons (Fsp3) is 1.00. The second-order valence-electron chi connectivity index (χ2n) is 4.20. The zero-order valence-electron chi connectivity index (χ0n) is 8.26. The summed E-state index contributed by atoms with van der Waals surface area (Å²) in [5, 5.41) is 8.07. The molecule has 0 heterocycles. The van der Waals surface area contributed by atoms with Crippen molar-refractivity contribution in [1.82, 2.24) is 0 Å². The highest BCUT2D eigenvalue weighted by Crippen LogP contribution is 2.43. The monoisotopic (exact) mass is 170 g/mol. The molecular formula is C11H22O. The Labute approximate surface area is 76.2 Å². The molecule has 12 heavy (non-hydrogen) atoms. The van der Waals surface area contributed by atoms with E-state index in [1.54, 1.807) is 32.1 Å². The number of aliphatic hydroxyl groups excluding tert-OH is 1. The third-order valence-corrected chi connectivity index (χ3v) is 3.14. The third-order valence-electron chi connectivity index (χ3n) is 3.14. The fourth-order valence-electron chi connectivity index (χ4n) is 2.33. The highest BCUT2D eigenvalue weighted by atomic mass is 16.2. The average molecular weight is 170 g/mol. The number of rotatable bonds is 2. The van der Waals surface area contributed by atoms with Crippen molar-refractivity contribution in [2.24, 2.45) is 11.8 Å². The van der Waals surface area contributed by atoms with Crippen LogP contribution in [0.3, 0.4) is 0 Å². The Morgan fingerprint density at radius 2 is 1.58 bits per heavy atom. The van der Waals surface area contributed by atoms with Crippen LogP contribution in [-0.4, -0.2) is 11.7 Å². The van der Waals surface area contributed by atoms with Gasteiger partial charge in [-0.15, -0.1) is 0 Å². The lowest BCUT2D eigenvalue weighted by atomic mass is 10.0. The van der Waals surface area contributed by atoms with Gasteiger partial charge in [0.2, 0.25) is 0 Å². The quantitative estimate of drug-likeness (QED) is 0.675. The first-order valence-corrected chi connectivity index (χ1v) is 5.47. The molecule has 2 aliphatic carbocycles. The molecule has 2 rings (SSSR count). The van der Waals surface area contributed by atoms with Crippen molar-refractivity contribution >= 4 is 0 Å². The van der Waals surface area contributed by atoms with Gasteiger partial charge in [-0.05, 0) is 24.7 Å². The smallest absolute Gasteiger partial charge is 0.0430 e. The number of hydrogen-bond donors (Lipinski definition) is 1. The minimum atomic E-state index is 0.344. The summed E-state index contributed by atoms with van der Waals surface area (Å²) < 4.78 is 0. The SMILES string of the molecule is C1CC2CCC1C2.CCCCO. The summed E-state index contributed by atoms with van der Waals surface area (Å²) in [6.07, 6.45) is 9.86. The van der Waals surface area contributed by atoms with E-state index in [0.717, 1.165) is 12.8 Å². The van der Waals surface area contributed by atoms with Crippen molar-refractivity contribution in [1.29, 1.82) is 0 Å². The van der Waals surface area contributed by atoms with Crippen LogP contribution in [0.15, 0.2) is 0 Å². The van der Waals surface area contributed by atoms with Gasteiger partial charge in [0, 0.05) is 6.61 Å². The summed E-state index contributed by atoms with van der Waals surface area (Å²) in [6.45, 7) is 2.40. The van der Waals surface area contributed by atoms with Crippen molar-refractivity contribution in [3.05, 3.63) is 0 Å². The lowest BCUT2D eigenvalue weighted by molar-refractivity contribution is 0.287. The molecule has 1 heteroatoms. The van der Waals surface area contributed by atoms with E-state index in [9.17, 15) is 0 Å². The van der Waals surface area contributed by atoms with Crippen LogP contribution in [0, 0.1) is 11.8 Å². The lowest BCUT2D eigenvalue weighted by Crippen LogP contribution is -1.90. The Kier molecular flexibility index (Phi) is 4.67. The Hall–Kier alpha value is -0.0400. The van der Waals surface area contributed by atoms with Gasteiger partial charge in [-0.2, -0.15) is 0 Å². The average Bonchev–Trinajstić information content (AvgIpc) is 2.69. The molecule has 0 atom stereocenters. The second-order valence-corrected chi connectivity index (χ2v) is 4.20. The molecule has 72 valence electrons. The highest BCUT2D eigenvalue weighted by Gasteiger charge is 2.30. The van der Waals surface area contributed by atoms with Gasteiger partial charge in [0.05, 0.1) is 0 Å². The number of aliphatic hydroxyl groups is 1. The van der Waals surface area contributed by atoms with Crippen LogP contribution in [0.2, 0.25) is 0 Å². The summed E-state index contributed by atoms with van der Waals surface area (Å²) in [6, 6.07) is 0. The van der Waals surface area contributed by atoms with Crippen LogP contribution >= 0.6 is 0 Å². The minimum absolute atomic E-state index is 0.344. The van der Waals surface area contributed by atoms with Crippen molar-refractivity contribution < 1.29 is 5.11 Å². The maximum absolute atomic E-state index is 8.07. The highest BCUT2D eigenvalue weighted by molar-refractivity contribution is 4.82. The predicted molar refractivity (Wildman–Crippen MR) is 52.1 cm³/mol. The third kappa shape index (κ3) is 3.14.